The second kappa shape index (κ2) is 5.88. The normalized spacial score (nSPS) is 13.2. The number of rotatable bonds is 5. The molecule has 0 amide bonds. The van der Waals surface area contributed by atoms with Gasteiger partial charge >= 0.3 is 0 Å². The van der Waals surface area contributed by atoms with Gasteiger partial charge in [0.1, 0.15) is 0 Å². The fraction of sp³-hybridized carbons (Fsp3) is 0.538. The molecule has 0 bridgehead atoms. The van der Waals surface area contributed by atoms with Gasteiger partial charge in [-0.25, -0.2) is 4.52 Å². The Balaban J connectivity index is 2.09. The summed E-state index contributed by atoms with van der Waals surface area (Å²) >= 11 is 3.48. The number of nitrogens with two attached hydrogens (primary N) is 1. The number of hydrogen-bond donors (Lipinski definition) is 1. The predicted molar refractivity (Wildman–Crippen MR) is 81.4 cm³/mol. The number of fused-ring (bicyclic) bond motifs is 1. The molecule has 2 N–H and O–H groups in total. The summed E-state index contributed by atoms with van der Waals surface area (Å²) in [7, 11) is 2.00. The molecular weight excluding hydrogens is 306 g/mol. The Bertz CT molecular complexity index is 551. The number of hydrogen-bond acceptors (Lipinski definition) is 4. The highest BCUT2D eigenvalue weighted by molar-refractivity contribution is 9.10. The van der Waals surface area contributed by atoms with Gasteiger partial charge in [0.15, 0.2) is 5.65 Å². The maximum absolute atomic E-state index is 6.06. The molecule has 5 nitrogen and oxygen atoms in total. The van der Waals surface area contributed by atoms with E-state index in [1.165, 1.54) is 0 Å². The molecule has 1 atom stereocenters. The molecular formula is C13H20BrN5. The van der Waals surface area contributed by atoms with Gasteiger partial charge in [-0.15, -0.1) is 5.10 Å². The highest BCUT2D eigenvalue weighted by atomic mass is 79.9. The lowest BCUT2D eigenvalue weighted by molar-refractivity contribution is 0.465. The van der Waals surface area contributed by atoms with Crippen LogP contribution in [0.2, 0.25) is 0 Å². The van der Waals surface area contributed by atoms with Gasteiger partial charge in [0.05, 0.1) is 4.47 Å². The predicted octanol–water partition coefficient (Wildman–Crippen LogP) is 2.30. The summed E-state index contributed by atoms with van der Waals surface area (Å²) in [6.45, 7) is 5.14. The minimum atomic E-state index is 0.214. The Morgan fingerprint density at radius 1 is 1.47 bits per heavy atom. The minimum Gasteiger partial charge on any atom is -0.343 e. The quantitative estimate of drug-likeness (QED) is 0.916. The highest BCUT2D eigenvalue weighted by Gasteiger charge is 2.13. The first-order valence-electron chi connectivity index (χ1n) is 6.46. The summed E-state index contributed by atoms with van der Waals surface area (Å²) in [6, 6.07) is 4.11. The van der Waals surface area contributed by atoms with Crippen molar-refractivity contribution >= 4 is 27.5 Å². The van der Waals surface area contributed by atoms with Gasteiger partial charge < -0.3 is 10.6 Å². The second-order valence-electron chi connectivity index (χ2n) is 5.15. The number of halogens is 1. The third-order valence-electron chi connectivity index (χ3n) is 3.30. The zero-order valence-electron chi connectivity index (χ0n) is 11.5. The topological polar surface area (TPSA) is 59.5 Å². The summed E-state index contributed by atoms with van der Waals surface area (Å²) in [5.41, 5.74) is 6.89. The van der Waals surface area contributed by atoms with Crippen LogP contribution in [0.3, 0.4) is 0 Å². The van der Waals surface area contributed by atoms with E-state index in [0.29, 0.717) is 5.92 Å². The summed E-state index contributed by atoms with van der Waals surface area (Å²) in [5.74, 6) is 1.22. The number of nitrogens with zero attached hydrogens (tertiary/aromatic N) is 4. The van der Waals surface area contributed by atoms with E-state index in [2.05, 4.69) is 39.9 Å². The molecule has 0 radical (unpaired) electrons. The van der Waals surface area contributed by atoms with Crippen molar-refractivity contribution < 1.29 is 0 Å². The van der Waals surface area contributed by atoms with Gasteiger partial charge in [-0.2, -0.15) is 4.98 Å². The van der Waals surface area contributed by atoms with Crippen LogP contribution >= 0.6 is 15.9 Å². The van der Waals surface area contributed by atoms with Gasteiger partial charge in [0.25, 0.3) is 0 Å². The molecule has 0 saturated heterocycles. The molecule has 2 aromatic heterocycles. The van der Waals surface area contributed by atoms with Crippen molar-refractivity contribution in [3.8, 4) is 0 Å². The lowest BCUT2D eigenvalue weighted by atomic mass is 10.0. The van der Waals surface area contributed by atoms with Crippen LogP contribution in [-0.4, -0.2) is 34.2 Å². The molecule has 0 saturated carbocycles. The summed E-state index contributed by atoms with van der Waals surface area (Å²) in [4.78, 5) is 6.57. The summed E-state index contributed by atoms with van der Waals surface area (Å²) in [5, 5.41) is 4.46. The average Bonchev–Trinajstić information content (AvgIpc) is 2.80. The van der Waals surface area contributed by atoms with E-state index in [1.54, 1.807) is 4.52 Å². The standard InChI is InChI=1S/C13H20BrN5/c1-9(2)11(15)6-8-18(3)13-16-12-10(14)5-4-7-19(12)17-13/h4-5,7,9,11H,6,8,15H2,1-3H3. The van der Waals surface area contributed by atoms with E-state index in [0.717, 1.165) is 29.0 Å². The Hall–Kier alpha value is -1.14. The van der Waals surface area contributed by atoms with E-state index < -0.39 is 0 Å². The van der Waals surface area contributed by atoms with Crippen molar-refractivity contribution in [1.82, 2.24) is 14.6 Å². The lowest BCUT2D eigenvalue weighted by Crippen LogP contribution is -2.32. The van der Waals surface area contributed by atoms with Crippen LogP contribution in [0.5, 0.6) is 0 Å². The van der Waals surface area contributed by atoms with E-state index >= 15 is 0 Å². The summed E-state index contributed by atoms with van der Waals surface area (Å²) < 4.78 is 2.72. The molecule has 0 fully saturated rings. The molecule has 0 aliphatic carbocycles. The van der Waals surface area contributed by atoms with Crippen LogP contribution in [0.4, 0.5) is 5.95 Å². The Morgan fingerprint density at radius 3 is 2.84 bits per heavy atom. The maximum Gasteiger partial charge on any atom is 0.245 e. The van der Waals surface area contributed by atoms with Crippen LogP contribution in [0.25, 0.3) is 5.65 Å². The van der Waals surface area contributed by atoms with E-state index in [-0.39, 0.29) is 6.04 Å². The summed E-state index contributed by atoms with van der Waals surface area (Å²) in [6.07, 6.45) is 2.83. The van der Waals surface area contributed by atoms with Crippen LogP contribution < -0.4 is 10.6 Å². The highest BCUT2D eigenvalue weighted by Crippen LogP contribution is 2.18. The van der Waals surface area contributed by atoms with Crippen molar-refractivity contribution in [3.05, 3.63) is 22.8 Å². The number of pyridine rings is 1. The fourth-order valence-corrected chi connectivity index (χ4v) is 2.22. The fourth-order valence-electron chi connectivity index (χ4n) is 1.80. The zero-order valence-corrected chi connectivity index (χ0v) is 13.1. The zero-order chi connectivity index (χ0) is 14.0. The lowest BCUT2D eigenvalue weighted by Gasteiger charge is -2.20. The maximum atomic E-state index is 6.06. The molecule has 2 heterocycles. The largest absolute Gasteiger partial charge is 0.343 e. The third kappa shape index (κ3) is 3.25. The van der Waals surface area contributed by atoms with Crippen molar-refractivity contribution in [1.29, 1.82) is 0 Å². The van der Waals surface area contributed by atoms with Crippen molar-refractivity contribution in [2.75, 3.05) is 18.5 Å². The monoisotopic (exact) mass is 325 g/mol. The minimum absolute atomic E-state index is 0.214. The SMILES string of the molecule is CC(C)C(N)CCN(C)c1nc2c(Br)cccn2n1. The molecule has 2 aromatic rings. The molecule has 1 unspecified atom stereocenters. The Labute approximate surface area is 121 Å². The molecule has 0 aliphatic heterocycles. The Morgan fingerprint density at radius 2 is 2.21 bits per heavy atom. The van der Waals surface area contributed by atoms with Gasteiger partial charge in [0.2, 0.25) is 5.95 Å². The molecule has 19 heavy (non-hydrogen) atoms. The van der Waals surface area contributed by atoms with Gasteiger partial charge in [-0.1, -0.05) is 13.8 Å². The van der Waals surface area contributed by atoms with Crippen LogP contribution in [0.15, 0.2) is 22.8 Å². The van der Waals surface area contributed by atoms with Crippen LogP contribution in [-0.2, 0) is 0 Å². The first-order chi connectivity index (χ1) is 8.99. The molecule has 0 aliphatic rings. The van der Waals surface area contributed by atoms with Gasteiger partial charge in [0, 0.05) is 25.8 Å². The van der Waals surface area contributed by atoms with Gasteiger partial charge in [-0.3, -0.25) is 0 Å². The van der Waals surface area contributed by atoms with Crippen molar-refractivity contribution in [2.45, 2.75) is 26.3 Å². The van der Waals surface area contributed by atoms with Crippen LogP contribution in [0, 0.1) is 5.92 Å². The van der Waals surface area contributed by atoms with Crippen LogP contribution in [0.1, 0.15) is 20.3 Å². The molecule has 0 spiro atoms. The van der Waals surface area contributed by atoms with E-state index in [9.17, 15) is 0 Å². The molecule has 6 heteroatoms. The van der Waals surface area contributed by atoms with E-state index in [1.807, 2.05) is 30.3 Å². The molecule has 2 rings (SSSR count). The second-order valence-corrected chi connectivity index (χ2v) is 6.01. The number of anilines is 1. The smallest absolute Gasteiger partial charge is 0.245 e. The third-order valence-corrected chi connectivity index (χ3v) is 3.92. The molecule has 0 aromatic carbocycles. The van der Waals surface area contributed by atoms with Crippen molar-refractivity contribution in [3.63, 3.8) is 0 Å². The first-order valence-corrected chi connectivity index (χ1v) is 7.26. The number of aromatic nitrogens is 3. The van der Waals surface area contributed by atoms with Crippen molar-refractivity contribution in [2.24, 2.45) is 11.7 Å². The average molecular weight is 326 g/mol. The first kappa shape index (κ1) is 14.3. The van der Waals surface area contributed by atoms with Gasteiger partial charge in [-0.05, 0) is 40.4 Å². The Kier molecular flexibility index (Phi) is 4.42. The van der Waals surface area contributed by atoms with E-state index in [4.69, 9.17) is 5.73 Å². The molecule has 104 valence electrons.